The monoisotopic (exact) mass is 374 g/mol. The summed E-state index contributed by atoms with van der Waals surface area (Å²) < 4.78 is 24.8. The fourth-order valence-corrected chi connectivity index (χ4v) is 3.19. The number of ketones is 1. The molecule has 2 heterocycles. The van der Waals surface area contributed by atoms with Crippen molar-refractivity contribution in [2.75, 3.05) is 37.7 Å². The number of anilines is 1. The first-order valence-corrected chi connectivity index (χ1v) is 9.01. The van der Waals surface area contributed by atoms with Crippen LogP contribution in [0.5, 0.6) is 0 Å². The SMILES string of the molecule is CCOC(=O)c1ccoc1CN1CCN(c2ccc(C(C)=O)cc2F)CC1. The molecule has 1 aliphatic rings. The molecule has 2 aromatic rings. The van der Waals surface area contributed by atoms with Crippen LogP contribution in [-0.4, -0.2) is 49.4 Å². The van der Waals surface area contributed by atoms with Crippen molar-refractivity contribution >= 4 is 17.4 Å². The minimum atomic E-state index is -0.383. The van der Waals surface area contributed by atoms with Crippen molar-refractivity contribution < 1.29 is 23.1 Å². The number of furan rings is 1. The van der Waals surface area contributed by atoms with E-state index in [0.717, 1.165) is 0 Å². The highest BCUT2D eigenvalue weighted by Crippen LogP contribution is 2.23. The molecule has 0 amide bonds. The normalized spacial score (nSPS) is 15.0. The molecule has 27 heavy (non-hydrogen) atoms. The molecule has 1 fully saturated rings. The van der Waals surface area contributed by atoms with Crippen LogP contribution in [0.4, 0.5) is 10.1 Å². The number of esters is 1. The molecule has 144 valence electrons. The molecular weight excluding hydrogens is 351 g/mol. The summed E-state index contributed by atoms with van der Waals surface area (Å²) in [6, 6.07) is 6.22. The van der Waals surface area contributed by atoms with Crippen molar-refractivity contribution in [1.82, 2.24) is 4.90 Å². The molecule has 1 aromatic carbocycles. The quantitative estimate of drug-likeness (QED) is 0.572. The van der Waals surface area contributed by atoms with E-state index in [1.165, 1.54) is 19.3 Å². The lowest BCUT2D eigenvalue weighted by molar-refractivity contribution is 0.0521. The molecule has 0 aliphatic carbocycles. The molecule has 0 radical (unpaired) electrons. The van der Waals surface area contributed by atoms with E-state index < -0.39 is 0 Å². The average molecular weight is 374 g/mol. The third kappa shape index (κ3) is 4.36. The Morgan fingerprint density at radius 1 is 1.19 bits per heavy atom. The van der Waals surface area contributed by atoms with Crippen LogP contribution in [-0.2, 0) is 11.3 Å². The van der Waals surface area contributed by atoms with Gasteiger partial charge in [-0.3, -0.25) is 9.69 Å². The Labute approximate surface area is 157 Å². The predicted octanol–water partition coefficient (Wildman–Crippen LogP) is 3.12. The second-order valence-corrected chi connectivity index (χ2v) is 6.46. The molecule has 0 atom stereocenters. The molecule has 0 N–H and O–H groups in total. The number of rotatable bonds is 6. The number of hydrogen-bond acceptors (Lipinski definition) is 6. The van der Waals surface area contributed by atoms with E-state index in [0.29, 0.717) is 61.9 Å². The van der Waals surface area contributed by atoms with Crippen LogP contribution in [0.3, 0.4) is 0 Å². The molecule has 1 aliphatic heterocycles. The third-order valence-corrected chi connectivity index (χ3v) is 4.68. The predicted molar refractivity (Wildman–Crippen MR) is 98.6 cm³/mol. The molecule has 0 saturated carbocycles. The van der Waals surface area contributed by atoms with Crippen LogP contribution in [0.2, 0.25) is 0 Å². The first kappa shape index (κ1) is 19.1. The Bertz CT molecular complexity index is 825. The van der Waals surface area contributed by atoms with Crippen LogP contribution in [0.1, 0.15) is 40.3 Å². The van der Waals surface area contributed by atoms with Crippen molar-refractivity contribution in [3.63, 3.8) is 0 Å². The summed E-state index contributed by atoms with van der Waals surface area (Å²) in [6.45, 7) is 6.70. The van der Waals surface area contributed by atoms with Crippen LogP contribution in [0, 0.1) is 5.82 Å². The summed E-state index contributed by atoms with van der Waals surface area (Å²) in [4.78, 5) is 27.4. The van der Waals surface area contributed by atoms with Gasteiger partial charge in [-0.05, 0) is 38.1 Å². The van der Waals surface area contributed by atoms with Crippen molar-refractivity contribution in [2.45, 2.75) is 20.4 Å². The average Bonchev–Trinajstić information content (AvgIpc) is 3.11. The topological polar surface area (TPSA) is 63.0 Å². The maximum atomic E-state index is 14.3. The number of ether oxygens (including phenoxy) is 1. The van der Waals surface area contributed by atoms with Crippen molar-refractivity contribution in [3.8, 4) is 0 Å². The number of carbonyl (C=O) groups excluding carboxylic acids is 2. The van der Waals surface area contributed by atoms with Crippen molar-refractivity contribution in [1.29, 1.82) is 0 Å². The van der Waals surface area contributed by atoms with Gasteiger partial charge in [0.15, 0.2) is 5.78 Å². The summed E-state index contributed by atoms with van der Waals surface area (Å²) in [5.41, 5.74) is 1.33. The first-order valence-electron chi connectivity index (χ1n) is 9.01. The fraction of sp³-hybridized carbons (Fsp3) is 0.400. The number of Topliss-reactive ketones (excluding diaryl/α,β-unsaturated/α-hetero) is 1. The van der Waals surface area contributed by atoms with E-state index in [9.17, 15) is 14.0 Å². The van der Waals surface area contributed by atoms with Gasteiger partial charge in [0.25, 0.3) is 0 Å². The molecule has 1 saturated heterocycles. The van der Waals surface area contributed by atoms with Gasteiger partial charge in [0.05, 0.1) is 25.1 Å². The van der Waals surface area contributed by atoms with Crippen LogP contribution in [0.25, 0.3) is 0 Å². The van der Waals surface area contributed by atoms with E-state index >= 15 is 0 Å². The summed E-state index contributed by atoms with van der Waals surface area (Å²) in [5, 5.41) is 0. The molecule has 0 unspecified atom stereocenters. The molecule has 7 heteroatoms. The van der Waals surface area contributed by atoms with Crippen LogP contribution in [0.15, 0.2) is 34.9 Å². The van der Waals surface area contributed by atoms with Gasteiger partial charge < -0.3 is 14.1 Å². The highest BCUT2D eigenvalue weighted by atomic mass is 19.1. The number of benzene rings is 1. The second-order valence-electron chi connectivity index (χ2n) is 6.46. The first-order chi connectivity index (χ1) is 13.0. The highest BCUT2D eigenvalue weighted by molar-refractivity contribution is 5.94. The van der Waals surface area contributed by atoms with E-state index in [-0.39, 0.29) is 17.6 Å². The summed E-state index contributed by atoms with van der Waals surface area (Å²) in [5.74, 6) is -0.334. The number of halogens is 1. The fourth-order valence-electron chi connectivity index (χ4n) is 3.19. The van der Waals surface area contributed by atoms with Gasteiger partial charge in [-0.15, -0.1) is 0 Å². The zero-order valence-corrected chi connectivity index (χ0v) is 15.5. The van der Waals surface area contributed by atoms with Gasteiger partial charge in [0.2, 0.25) is 0 Å². The Kier molecular flexibility index (Phi) is 5.91. The number of piperazine rings is 1. The Hall–Kier alpha value is -2.67. The molecule has 0 spiro atoms. The smallest absolute Gasteiger partial charge is 0.341 e. The molecule has 0 bridgehead atoms. The zero-order chi connectivity index (χ0) is 19.4. The van der Waals surface area contributed by atoms with Gasteiger partial charge >= 0.3 is 5.97 Å². The Balaban J connectivity index is 1.61. The van der Waals surface area contributed by atoms with E-state index in [4.69, 9.17) is 9.15 Å². The van der Waals surface area contributed by atoms with E-state index in [1.807, 2.05) is 4.90 Å². The van der Waals surface area contributed by atoms with E-state index in [1.54, 1.807) is 25.1 Å². The maximum absolute atomic E-state index is 14.3. The van der Waals surface area contributed by atoms with E-state index in [2.05, 4.69) is 4.90 Å². The molecule has 3 rings (SSSR count). The van der Waals surface area contributed by atoms with Gasteiger partial charge in [0.1, 0.15) is 17.1 Å². The zero-order valence-electron chi connectivity index (χ0n) is 15.5. The lowest BCUT2D eigenvalue weighted by atomic mass is 10.1. The van der Waals surface area contributed by atoms with Gasteiger partial charge in [-0.1, -0.05) is 0 Å². The molecule has 6 nitrogen and oxygen atoms in total. The van der Waals surface area contributed by atoms with Crippen molar-refractivity contribution in [2.24, 2.45) is 0 Å². The number of hydrogen-bond donors (Lipinski definition) is 0. The summed E-state index contributed by atoms with van der Waals surface area (Å²) in [7, 11) is 0. The largest absolute Gasteiger partial charge is 0.467 e. The minimum Gasteiger partial charge on any atom is -0.467 e. The lowest BCUT2D eigenvalue weighted by Gasteiger charge is -2.36. The Morgan fingerprint density at radius 3 is 2.56 bits per heavy atom. The van der Waals surface area contributed by atoms with Gasteiger partial charge in [-0.25, -0.2) is 9.18 Å². The van der Waals surface area contributed by atoms with Crippen LogP contribution < -0.4 is 4.90 Å². The number of nitrogens with zero attached hydrogens (tertiary/aromatic N) is 2. The summed E-state index contributed by atoms with van der Waals surface area (Å²) in [6.07, 6.45) is 1.49. The van der Waals surface area contributed by atoms with Gasteiger partial charge in [-0.2, -0.15) is 0 Å². The Morgan fingerprint density at radius 2 is 1.93 bits per heavy atom. The lowest BCUT2D eigenvalue weighted by Crippen LogP contribution is -2.46. The van der Waals surface area contributed by atoms with Crippen LogP contribution >= 0.6 is 0 Å². The van der Waals surface area contributed by atoms with Gasteiger partial charge in [0, 0.05) is 31.7 Å². The number of carbonyl (C=O) groups is 2. The minimum absolute atomic E-state index is 0.152. The molecule has 1 aromatic heterocycles. The standard InChI is InChI=1S/C20H23FN2O4/c1-3-26-20(25)16-6-11-27-19(16)13-22-7-9-23(10-8-22)18-5-4-15(14(2)24)12-17(18)21/h4-6,11-12H,3,7-10,13H2,1-2H3. The third-order valence-electron chi connectivity index (χ3n) is 4.68. The molecular formula is C20H23FN2O4. The van der Waals surface area contributed by atoms with Crippen molar-refractivity contribution in [3.05, 3.63) is 53.2 Å². The summed E-state index contributed by atoms with van der Waals surface area (Å²) >= 11 is 0. The maximum Gasteiger partial charge on any atom is 0.341 e. The second kappa shape index (κ2) is 8.35. The highest BCUT2D eigenvalue weighted by Gasteiger charge is 2.23.